The minimum Gasteiger partial charge on any atom is -0.481 e. The highest BCUT2D eigenvalue weighted by atomic mass is 32.2. The van der Waals surface area contributed by atoms with Crippen molar-refractivity contribution >= 4 is 23.6 Å². The summed E-state index contributed by atoms with van der Waals surface area (Å²) in [6, 6.07) is 17.4. The lowest BCUT2D eigenvalue weighted by Crippen LogP contribution is -2.42. The van der Waals surface area contributed by atoms with Gasteiger partial charge in [-0.3, -0.25) is 9.59 Å². The Kier molecular flexibility index (Phi) is 5.20. The average molecular weight is 341 g/mol. The van der Waals surface area contributed by atoms with Crippen LogP contribution in [0.3, 0.4) is 0 Å². The van der Waals surface area contributed by atoms with Crippen LogP contribution in [0, 0.1) is 5.92 Å². The van der Waals surface area contributed by atoms with Gasteiger partial charge in [0.2, 0.25) is 0 Å². The van der Waals surface area contributed by atoms with Gasteiger partial charge in [0.15, 0.2) is 0 Å². The molecule has 3 rings (SSSR count). The van der Waals surface area contributed by atoms with E-state index in [1.54, 1.807) is 16.7 Å². The normalized spacial score (nSPS) is 17.5. The van der Waals surface area contributed by atoms with E-state index in [1.807, 2.05) is 54.6 Å². The lowest BCUT2D eigenvalue weighted by molar-refractivity contribution is -0.143. The summed E-state index contributed by atoms with van der Waals surface area (Å²) in [6.45, 7) is 0.908. The second kappa shape index (κ2) is 7.53. The summed E-state index contributed by atoms with van der Waals surface area (Å²) in [5.41, 5.74) is 0.636. The van der Waals surface area contributed by atoms with Gasteiger partial charge in [0.25, 0.3) is 5.91 Å². The number of carboxylic acid groups (broad SMARTS) is 1. The molecule has 2 aromatic rings. The van der Waals surface area contributed by atoms with E-state index in [1.165, 1.54) is 0 Å². The molecule has 1 N–H and O–H groups in total. The molecule has 1 fully saturated rings. The van der Waals surface area contributed by atoms with Crippen molar-refractivity contribution < 1.29 is 14.7 Å². The van der Waals surface area contributed by atoms with E-state index in [-0.39, 0.29) is 5.91 Å². The predicted octanol–water partition coefficient (Wildman–Crippen LogP) is 3.77. The van der Waals surface area contributed by atoms with E-state index in [9.17, 15) is 14.7 Å². The van der Waals surface area contributed by atoms with Crippen LogP contribution in [-0.4, -0.2) is 35.0 Å². The Morgan fingerprint density at radius 2 is 1.75 bits per heavy atom. The predicted molar refractivity (Wildman–Crippen MR) is 93.3 cm³/mol. The number of nitrogens with zero attached hydrogens (tertiary/aromatic N) is 1. The summed E-state index contributed by atoms with van der Waals surface area (Å²) in [6.07, 6.45) is 1.37. The highest BCUT2D eigenvalue weighted by Gasteiger charge is 2.29. The van der Waals surface area contributed by atoms with Crippen LogP contribution >= 0.6 is 11.8 Å². The van der Waals surface area contributed by atoms with Crippen LogP contribution in [0.15, 0.2) is 64.4 Å². The van der Waals surface area contributed by atoms with Crippen molar-refractivity contribution in [3.05, 3.63) is 60.2 Å². The van der Waals surface area contributed by atoms with Gasteiger partial charge in [-0.25, -0.2) is 0 Å². The number of piperidine rings is 1. The molecule has 1 amide bonds. The summed E-state index contributed by atoms with van der Waals surface area (Å²) in [5, 5.41) is 9.22. The zero-order valence-electron chi connectivity index (χ0n) is 13.2. The van der Waals surface area contributed by atoms with E-state index in [4.69, 9.17) is 0 Å². The standard InChI is InChI=1S/C19H19NO3S/c21-18(20-12-6-7-14(13-20)19(22)23)16-10-4-5-11-17(16)24-15-8-2-1-3-9-15/h1-5,8-11,14H,6-7,12-13H2,(H,22,23). The lowest BCUT2D eigenvalue weighted by Gasteiger charge is -2.31. The first-order chi connectivity index (χ1) is 11.6. The monoisotopic (exact) mass is 341 g/mol. The first-order valence-electron chi connectivity index (χ1n) is 7.99. The number of likely N-dealkylation sites (tertiary alicyclic amines) is 1. The molecule has 0 aliphatic carbocycles. The molecule has 0 radical (unpaired) electrons. The Morgan fingerprint density at radius 3 is 2.50 bits per heavy atom. The highest BCUT2D eigenvalue weighted by molar-refractivity contribution is 7.99. The van der Waals surface area contributed by atoms with Gasteiger partial charge in [0.05, 0.1) is 11.5 Å². The van der Waals surface area contributed by atoms with E-state index >= 15 is 0 Å². The fourth-order valence-corrected chi connectivity index (χ4v) is 3.84. The maximum absolute atomic E-state index is 12.9. The fraction of sp³-hybridized carbons (Fsp3) is 0.263. The number of carbonyl (C=O) groups excluding carboxylic acids is 1. The molecular formula is C19H19NO3S. The molecule has 24 heavy (non-hydrogen) atoms. The molecule has 0 bridgehead atoms. The minimum atomic E-state index is -0.820. The van der Waals surface area contributed by atoms with E-state index in [0.29, 0.717) is 25.1 Å². The summed E-state index contributed by atoms with van der Waals surface area (Å²) in [5.74, 6) is -1.36. The van der Waals surface area contributed by atoms with Gasteiger partial charge in [0.1, 0.15) is 0 Å². The van der Waals surface area contributed by atoms with Crippen LogP contribution in [0.25, 0.3) is 0 Å². The van der Waals surface area contributed by atoms with E-state index in [0.717, 1.165) is 16.2 Å². The molecule has 1 heterocycles. The third-order valence-electron chi connectivity index (χ3n) is 4.15. The van der Waals surface area contributed by atoms with Gasteiger partial charge in [-0.05, 0) is 37.1 Å². The Hall–Kier alpha value is -2.27. The van der Waals surface area contributed by atoms with E-state index in [2.05, 4.69) is 0 Å². The molecular weight excluding hydrogens is 322 g/mol. The SMILES string of the molecule is O=C(O)C1CCCN(C(=O)c2ccccc2Sc2ccccc2)C1. The Labute approximate surface area is 145 Å². The molecule has 124 valence electrons. The average Bonchev–Trinajstić information content (AvgIpc) is 2.62. The molecule has 1 aliphatic heterocycles. The molecule has 4 nitrogen and oxygen atoms in total. The highest BCUT2D eigenvalue weighted by Crippen LogP contribution is 2.31. The zero-order valence-corrected chi connectivity index (χ0v) is 14.0. The summed E-state index contributed by atoms with van der Waals surface area (Å²) < 4.78 is 0. The van der Waals surface area contributed by atoms with Gasteiger partial charge in [-0.1, -0.05) is 42.1 Å². The molecule has 1 unspecified atom stereocenters. The number of carboxylic acids is 1. The van der Waals surface area contributed by atoms with Crippen LogP contribution in [-0.2, 0) is 4.79 Å². The maximum Gasteiger partial charge on any atom is 0.308 e. The Balaban J connectivity index is 1.81. The van der Waals surface area contributed by atoms with Crippen LogP contribution in [0.5, 0.6) is 0 Å². The number of carbonyl (C=O) groups is 2. The first-order valence-corrected chi connectivity index (χ1v) is 8.81. The second-order valence-corrected chi connectivity index (χ2v) is 6.96. The van der Waals surface area contributed by atoms with Gasteiger partial charge in [0, 0.05) is 22.9 Å². The summed E-state index contributed by atoms with van der Waals surface area (Å²) in [4.78, 5) is 27.8. The second-order valence-electron chi connectivity index (χ2n) is 5.84. The number of aliphatic carboxylic acids is 1. The van der Waals surface area contributed by atoms with Crippen molar-refractivity contribution in [3.8, 4) is 0 Å². The molecule has 0 spiro atoms. The number of hydrogen-bond acceptors (Lipinski definition) is 3. The number of hydrogen-bond donors (Lipinski definition) is 1. The van der Waals surface area contributed by atoms with Gasteiger partial charge < -0.3 is 10.0 Å². The lowest BCUT2D eigenvalue weighted by atomic mass is 9.97. The molecule has 0 saturated carbocycles. The number of benzene rings is 2. The van der Waals surface area contributed by atoms with Crippen LogP contribution in [0.4, 0.5) is 0 Å². The van der Waals surface area contributed by atoms with Crippen LogP contribution < -0.4 is 0 Å². The smallest absolute Gasteiger partial charge is 0.308 e. The molecule has 1 saturated heterocycles. The summed E-state index contributed by atoms with van der Waals surface area (Å²) in [7, 11) is 0. The molecule has 2 aromatic carbocycles. The van der Waals surface area contributed by atoms with Crippen molar-refractivity contribution in [2.24, 2.45) is 5.92 Å². The zero-order chi connectivity index (χ0) is 16.9. The van der Waals surface area contributed by atoms with Crippen LogP contribution in [0.1, 0.15) is 23.2 Å². The minimum absolute atomic E-state index is 0.0834. The maximum atomic E-state index is 12.9. The van der Waals surface area contributed by atoms with Gasteiger partial charge in [-0.15, -0.1) is 0 Å². The Bertz CT molecular complexity index is 732. The fourth-order valence-electron chi connectivity index (χ4n) is 2.88. The van der Waals surface area contributed by atoms with Gasteiger partial charge >= 0.3 is 5.97 Å². The number of amides is 1. The topological polar surface area (TPSA) is 57.6 Å². The van der Waals surface area contributed by atoms with Crippen molar-refractivity contribution in [3.63, 3.8) is 0 Å². The van der Waals surface area contributed by atoms with Crippen molar-refractivity contribution in [2.75, 3.05) is 13.1 Å². The van der Waals surface area contributed by atoms with Crippen molar-refractivity contribution in [2.45, 2.75) is 22.6 Å². The third-order valence-corrected chi connectivity index (χ3v) is 5.23. The molecule has 0 aromatic heterocycles. The van der Waals surface area contributed by atoms with Crippen molar-refractivity contribution in [1.82, 2.24) is 4.90 Å². The molecule has 1 atom stereocenters. The van der Waals surface area contributed by atoms with Crippen molar-refractivity contribution in [1.29, 1.82) is 0 Å². The van der Waals surface area contributed by atoms with Gasteiger partial charge in [-0.2, -0.15) is 0 Å². The van der Waals surface area contributed by atoms with E-state index < -0.39 is 11.9 Å². The van der Waals surface area contributed by atoms with Crippen LogP contribution in [0.2, 0.25) is 0 Å². The number of rotatable bonds is 4. The molecule has 1 aliphatic rings. The quantitative estimate of drug-likeness (QED) is 0.919. The molecule has 5 heteroatoms. The Morgan fingerprint density at radius 1 is 1.04 bits per heavy atom. The summed E-state index contributed by atoms with van der Waals surface area (Å²) >= 11 is 1.55. The first kappa shape index (κ1) is 16.6. The third kappa shape index (κ3) is 3.79. The largest absolute Gasteiger partial charge is 0.481 e.